The minimum Gasteiger partial charge on any atom is -0.452 e. The number of primary amides is 1. The van der Waals surface area contributed by atoms with Crippen molar-refractivity contribution in [2.45, 2.75) is 30.6 Å². The second-order valence-electron chi connectivity index (χ2n) is 5.79. The first-order chi connectivity index (χ1) is 11.9. The third-order valence-electron chi connectivity index (χ3n) is 3.85. The Kier molecular flexibility index (Phi) is 6.72. The van der Waals surface area contributed by atoms with Crippen molar-refractivity contribution in [2.75, 3.05) is 19.7 Å². The molecule has 25 heavy (non-hydrogen) atoms. The second-order valence-corrected chi connectivity index (χ2v) is 7.73. The van der Waals surface area contributed by atoms with Gasteiger partial charge in [0.25, 0.3) is 5.91 Å². The zero-order valence-electron chi connectivity index (χ0n) is 13.9. The molecule has 0 aromatic heterocycles. The number of nitrogens with two attached hydrogens (primary N) is 1. The largest absolute Gasteiger partial charge is 0.452 e. The van der Waals surface area contributed by atoms with Gasteiger partial charge in [-0.1, -0.05) is 25.0 Å². The predicted molar refractivity (Wildman–Crippen MR) is 92.9 cm³/mol. The molecule has 2 N–H and O–H groups in total. The lowest BCUT2D eigenvalue weighted by atomic mass is 10.2. The summed E-state index contributed by atoms with van der Waals surface area (Å²) in [6.07, 6.45) is 6.51. The van der Waals surface area contributed by atoms with Crippen molar-refractivity contribution in [3.8, 4) is 0 Å². The van der Waals surface area contributed by atoms with E-state index >= 15 is 0 Å². The Bertz CT molecular complexity index is 733. The number of rotatable bonds is 6. The highest BCUT2D eigenvalue weighted by atomic mass is 32.2. The van der Waals surface area contributed by atoms with Crippen LogP contribution < -0.4 is 5.73 Å². The van der Waals surface area contributed by atoms with E-state index in [2.05, 4.69) is 4.74 Å². The van der Waals surface area contributed by atoms with Crippen LogP contribution in [0.3, 0.4) is 0 Å². The van der Waals surface area contributed by atoms with Crippen molar-refractivity contribution < 1.29 is 22.7 Å². The van der Waals surface area contributed by atoms with E-state index in [0.29, 0.717) is 18.7 Å². The minimum absolute atomic E-state index is 0.239. The van der Waals surface area contributed by atoms with Gasteiger partial charge in [-0.25, -0.2) is 13.2 Å². The lowest BCUT2D eigenvalue weighted by molar-refractivity contribution is -0.142. The van der Waals surface area contributed by atoms with Crippen LogP contribution in [0.4, 0.5) is 0 Å². The quantitative estimate of drug-likeness (QED) is 0.603. The number of sulfonamides is 1. The Morgan fingerprint density at radius 1 is 1.08 bits per heavy atom. The van der Waals surface area contributed by atoms with Crippen molar-refractivity contribution in [3.05, 3.63) is 35.9 Å². The number of ether oxygens (including phenoxy) is 1. The van der Waals surface area contributed by atoms with Crippen molar-refractivity contribution >= 4 is 28.0 Å². The van der Waals surface area contributed by atoms with Crippen LogP contribution in [0, 0.1) is 0 Å². The van der Waals surface area contributed by atoms with Crippen LogP contribution in [0.2, 0.25) is 0 Å². The van der Waals surface area contributed by atoms with E-state index in [0.717, 1.165) is 31.8 Å². The van der Waals surface area contributed by atoms with E-state index in [1.165, 1.54) is 22.5 Å². The first kappa shape index (κ1) is 19.1. The van der Waals surface area contributed by atoms with E-state index < -0.39 is 28.5 Å². The number of hydrogen-bond acceptors (Lipinski definition) is 5. The number of esters is 1. The maximum atomic E-state index is 12.7. The molecule has 8 heteroatoms. The highest BCUT2D eigenvalue weighted by Crippen LogP contribution is 2.20. The van der Waals surface area contributed by atoms with Gasteiger partial charge in [0.05, 0.1) is 4.90 Å². The van der Waals surface area contributed by atoms with Crippen LogP contribution in [0.25, 0.3) is 6.08 Å². The molecule has 1 amide bonds. The summed E-state index contributed by atoms with van der Waals surface area (Å²) in [5.74, 6) is -1.43. The number of amides is 1. The van der Waals surface area contributed by atoms with Gasteiger partial charge < -0.3 is 10.5 Å². The zero-order valence-corrected chi connectivity index (χ0v) is 14.7. The van der Waals surface area contributed by atoms with E-state index in [4.69, 9.17) is 5.73 Å². The fraction of sp³-hybridized carbons (Fsp3) is 0.412. The molecular formula is C17H22N2O5S. The van der Waals surface area contributed by atoms with Crippen LogP contribution in [0.5, 0.6) is 0 Å². The maximum Gasteiger partial charge on any atom is 0.331 e. The first-order valence-corrected chi connectivity index (χ1v) is 9.57. The molecular weight excluding hydrogens is 344 g/mol. The molecule has 1 fully saturated rings. The summed E-state index contributed by atoms with van der Waals surface area (Å²) in [6.45, 7) is 0.627. The lowest BCUT2D eigenvalue weighted by Crippen LogP contribution is -2.31. The molecule has 1 aromatic carbocycles. The number of carbonyl (C=O) groups is 2. The molecule has 0 atom stereocenters. The molecule has 1 aromatic rings. The Hall–Kier alpha value is -2.19. The van der Waals surface area contributed by atoms with Crippen LogP contribution in [-0.4, -0.2) is 44.3 Å². The molecule has 0 aliphatic carbocycles. The van der Waals surface area contributed by atoms with Crippen molar-refractivity contribution in [2.24, 2.45) is 5.73 Å². The molecule has 136 valence electrons. The maximum absolute atomic E-state index is 12.7. The topological polar surface area (TPSA) is 107 Å². The molecule has 2 rings (SSSR count). The molecule has 1 aliphatic heterocycles. The van der Waals surface area contributed by atoms with E-state index in [-0.39, 0.29) is 4.90 Å². The van der Waals surface area contributed by atoms with Crippen LogP contribution in [0.15, 0.2) is 35.2 Å². The van der Waals surface area contributed by atoms with Crippen molar-refractivity contribution in [1.82, 2.24) is 4.31 Å². The highest BCUT2D eigenvalue weighted by Gasteiger charge is 2.24. The molecule has 0 bridgehead atoms. The Morgan fingerprint density at radius 3 is 2.24 bits per heavy atom. The summed E-state index contributed by atoms with van der Waals surface area (Å²) in [4.78, 5) is 22.1. The number of carbonyl (C=O) groups excluding carboxylic acids is 2. The summed E-state index contributed by atoms with van der Waals surface area (Å²) < 4.78 is 31.4. The highest BCUT2D eigenvalue weighted by molar-refractivity contribution is 7.89. The van der Waals surface area contributed by atoms with Gasteiger partial charge in [0.2, 0.25) is 10.0 Å². The molecule has 0 radical (unpaired) electrons. The molecule has 1 saturated heterocycles. The van der Waals surface area contributed by atoms with Gasteiger partial charge in [0.15, 0.2) is 6.61 Å². The van der Waals surface area contributed by atoms with Crippen LogP contribution in [0.1, 0.15) is 31.2 Å². The summed E-state index contributed by atoms with van der Waals surface area (Å²) in [6, 6.07) is 6.27. The van der Waals surface area contributed by atoms with E-state index in [1.807, 2.05) is 0 Å². The van der Waals surface area contributed by atoms with E-state index in [9.17, 15) is 18.0 Å². The van der Waals surface area contributed by atoms with Gasteiger partial charge in [-0.15, -0.1) is 0 Å². The fourth-order valence-electron chi connectivity index (χ4n) is 2.54. The average Bonchev–Trinajstić information content (AvgIpc) is 2.88. The monoisotopic (exact) mass is 366 g/mol. The number of benzene rings is 1. The van der Waals surface area contributed by atoms with Crippen LogP contribution in [-0.2, 0) is 24.3 Å². The lowest BCUT2D eigenvalue weighted by Gasteiger charge is -2.19. The third-order valence-corrected chi connectivity index (χ3v) is 5.76. The minimum atomic E-state index is -3.49. The number of nitrogens with zero attached hydrogens (tertiary/aromatic N) is 1. The molecule has 7 nitrogen and oxygen atoms in total. The second kappa shape index (κ2) is 8.77. The number of hydrogen-bond donors (Lipinski definition) is 1. The van der Waals surface area contributed by atoms with Gasteiger partial charge in [-0.05, 0) is 36.6 Å². The third kappa shape index (κ3) is 5.68. The Balaban J connectivity index is 2.03. The molecule has 0 unspecified atom stereocenters. The Labute approximate surface area is 147 Å². The van der Waals surface area contributed by atoms with Gasteiger partial charge in [0.1, 0.15) is 0 Å². The van der Waals surface area contributed by atoms with Gasteiger partial charge in [0, 0.05) is 19.2 Å². The van der Waals surface area contributed by atoms with Gasteiger partial charge >= 0.3 is 5.97 Å². The molecule has 1 heterocycles. The Morgan fingerprint density at radius 2 is 1.68 bits per heavy atom. The predicted octanol–water partition coefficient (Wildman–Crippen LogP) is 1.29. The molecule has 0 spiro atoms. The summed E-state index contributed by atoms with van der Waals surface area (Å²) in [5, 5.41) is 0. The zero-order chi connectivity index (χ0) is 18.3. The smallest absolute Gasteiger partial charge is 0.331 e. The standard InChI is InChI=1S/C17H22N2O5S/c18-16(20)13-24-17(21)10-7-14-5-8-15(9-6-14)25(22,23)19-11-3-1-2-4-12-19/h5-10H,1-4,11-13H2,(H2,18,20)/b10-7+. The molecule has 1 aliphatic rings. The SMILES string of the molecule is NC(=O)COC(=O)/C=C/c1ccc(S(=O)(=O)N2CCCCCC2)cc1. The van der Waals surface area contributed by atoms with Crippen molar-refractivity contribution in [1.29, 1.82) is 0 Å². The summed E-state index contributed by atoms with van der Waals surface area (Å²) in [5.41, 5.74) is 5.52. The fourth-order valence-corrected chi connectivity index (χ4v) is 4.05. The van der Waals surface area contributed by atoms with Gasteiger partial charge in [-0.2, -0.15) is 4.31 Å². The average molecular weight is 366 g/mol. The summed E-state index contributed by atoms with van der Waals surface area (Å²) in [7, 11) is -3.49. The summed E-state index contributed by atoms with van der Waals surface area (Å²) >= 11 is 0. The van der Waals surface area contributed by atoms with Crippen LogP contribution >= 0.6 is 0 Å². The normalized spacial score (nSPS) is 16.5. The molecule has 0 saturated carbocycles. The first-order valence-electron chi connectivity index (χ1n) is 8.13. The van der Waals surface area contributed by atoms with E-state index in [1.54, 1.807) is 12.1 Å². The van der Waals surface area contributed by atoms with Gasteiger partial charge in [-0.3, -0.25) is 4.79 Å². The van der Waals surface area contributed by atoms with Crippen molar-refractivity contribution in [3.63, 3.8) is 0 Å².